The molecule has 6 nitrogen and oxygen atoms in total. The number of nitrogens with zero attached hydrogens (tertiary/aromatic N) is 3. The maximum absolute atomic E-state index is 12.5. The molecule has 2 aliphatic heterocycles. The zero-order chi connectivity index (χ0) is 16.7. The van der Waals surface area contributed by atoms with Crippen molar-refractivity contribution in [3.8, 4) is 0 Å². The molecule has 4 rings (SSSR count). The topological polar surface area (TPSA) is 59.3 Å². The lowest BCUT2D eigenvalue weighted by molar-refractivity contribution is -0.122. The highest BCUT2D eigenvalue weighted by Gasteiger charge is 2.36. The van der Waals surface area contributed by atoms with Crippen molar-refractivity contribution in [1.82, 2.24) is 19.4 Å². The van der Waals surface area contributed by atoms with Gasteiger partial charge in [-0.15, -0.1) is 0 Å². The second-order valence-corrected chi connectivity index (χ2v) is 6.98. The molecule has 2 saturated heterocycles. The van der Waals surface area contributed by atoms with E-state index in [4.69, 9.17) is 0 Å². The predicted molar refractivity (Wildman–Crippen MR) is 92.9 cm³/mol. The third-order valence-corrected chi connectivity index (χ3v) is 5.56. The van der Waals surface area contributed by atoms with Gasteiger partial charge in [-0.3, -0.25) is 18.8 Å². The summed E-state index contributed by atoms with van der Waals surface area (Å²) in [6.07, 6.45) is 4.69. The van der Waals surface area contributed by atoms with Gasteiger partial charge in [0.25, 0.3) is 0 Å². The van der Waals surface area contributed by atoms with E-state index < -0.39 is 0 Å². The van der Waals surface area contributed by atoms with E-state index in [1.807, 2.05) is 24.3 Å². The van der Waals surface area contributed by atoms with Crippen LogP contribution in [-0.4, -0.2) is 45.1 Å². The van der Waals surface area contributed by atoms with Crippen LogP contribution in [0.5, 0.6) is 0 Å². The van der Waals surface area contributed by atoms with Crippen LogP contribution in [0.25, 0.3) is 11.0 Å². The molecule has 0 radical (unpaired) electrons. The first-order valence-corrected chi connectivity index (χ1v) is 8.83. The molecule has 24 heavy (non-hydrogen) atoms. The number of hydrogen-bond acceptors (Lipinski definition) is 3. The molecule has 0 bridgehead atoms. The van der Waals surface area contributed by atoms with Gasteiger partial charge in [-0.1, -0.05) is 18.6 Å². The van der Waals surface area contributed by atoms with Gasteiger partial charge in [0.2, 0.25) is 5.91 Å². The van der Waals surface area contributed by atoms with E-state index in [9.17, 15) is 9.59 Å². The molecule has 1 N–H and O–H groups in total. The number of nitrogens with one attached hydrogen (secondary N) is 1. The number of aromatic nitrogens is 2. The van der Waals surface area contributed by atoms with Gasteiger partial charge in [-0.25, -0.2) is 4.79 Å². The van der Waals surface area contributed by atoms with Crippen molar-refractivity contribution in [3.05, 3.63) is 34.7 Å². The summed E-state index contributed by atoms with van der Waals surface area (Å²) in [5.74, 6) is -0.0640. The molecule has 2 aliphatic rings. The van der Waals surface area contributed by atoms with Crippen LogP contribution in [0.2, 0.25) is 0 Å². The Kier molecular flexibility index (Phi) is 3.92. The van der Waals surface area contributed by atoms with E-state index in [1.165, 1.54) is 19.3 Å². The fourth-order valence-corrected chi connectivity index (χ4v) is 4.33. The number of para-hydroxylation sites is 2. The number of amides is 1. The third-order valence-electron chi connectivity index (χ3n) is 5.56. The fraction of sp³-hybridized carbons (Fsp3) is 0.556. The molecule has 3 heterocycles. The number of hydrogen-bond donors (Lipinski definition) is 1. The van der Waals surface area contributed by atoms with Crippen LogP contribution in [0, 0.1) is 0 Å². The summed E-state index contributed by atoms with van der Waals surface area (Å²) >= 11 is 0. The van der Waals surface area contributed by atoms with Gasteiger partial charge in [0, 0.05) is 25.7 Å². The SMILES string of the molecule is Cn1c(=O)n(CC(=O)N[C@@H]2CCN3CCCC[C@H]23)c2ccccc21. The number of aryl methyl sites for hydroxylation is 1. The summed E-state index contributed by atoms with van der Waals surface area (Å²) in [5, 5.41) is 3.18. The first-order valence-electron chi connectivity index (χ1n) is 8.83. The lowest BCUT2D eigenvalue weighted by atomic mass is 9.99. The largest absolute Gasteiger partial charge is 0.350 e. The number of fused-ring (bicyclic) bond motifs is 2. The maximum atomic E-state index is 12.5. The van der Waals surface area contributed by atoms with Crippen LogP contribution in [-0.2, 0) is 18.4 Å². The zero-order valence-corrected chi connectivity index (χ0v) is 14.1. The summed E-state index contributed by atoms with van der Waals surface area (Å²) in [7, 11) is 1.75. The lowest BCUT2D eigenvalue weighted by Gasteiger charge is -2.32. The monoisotopic (exact) mass is 328 g/mol. The quantitative estimate of drug-likeness (QED) is 0.917. The van der Waals surface area contributed by atoms with E-state index in [-0.39, 0.29) is 24.2 Å². The van der Waals surface area contributed by atoms with Gasteiger partial charge in [0.15, 0.2) is 0 Å². The van der Waals surface area contributed by atoms with Crippen molar-refractivity contribution in [3.63, 3.8) is 0 Å². The summed E-state index contributed by atoms with van der Waals surface area (Å²) in [4.78, 5) is 27.5. The molecule has 0 unspecified atom stereocenters. The van der Waals surface area contributed by atoms with Gasteiger partial charge in [0.1, 0.15) is 6.54 Å². The highest BCUT2D eigenvalue weighted by atomic mass is 16.2. The van der Waals surface area contributed by atoms with Crippen molar-refractivity contribution < 1.29 is 4.79 Å². The van der Waals surface area contributed by atoms with E-state index in [1.54, 1.807) is 16.2 Å². The van der Waals surface area contributed by atoms with Crippen LogP contribution in [0.4, 0.5) is 0 Å². The second kappa shape index (κ2) is 6.09. The second-order valence-electron chi connectivity index (χ2n) is 6.98. The minimum absolute atomic E-state index is 0.0640. The standard InChI is InChI=1S/C18H24N4O2/c1-20-15-7-2-3-8-16(15)22(18(20)24)12-17(23)19-13-9-11-21-10-5-4-6-14(13)21/h2-3,7-8,13-14H,4-6,9-12H2,1H3,(H,19,23)/t13-,14-/m1/s1. The molecule has 0 saturated carbocycles. The van der Waals surface area contributed by atoms with Gasteiger partial charge in [0.05, 0.1) is 11.0 Å². The summed E-state index contributed by atoms with van der Waals surface area (Å²) < 4.78 is 3.17. The molecule has 1 amide bonds. The van der Waals surface area contributed by atoms with Gasteiger partial charge < -0.3 is 5.32 Å². The Bertz CT molecular complexity index is 822. The first kappa shape index (κ1) is 15.4. The van der Waals surface area contributed by atoms with E-state index in [0.717, 1.165) is 30.5 Å². The first-order chi connectivity index (χ1) is 11.6. The Hall–Kier alpha value is -2.08. The lowest BCUT2D eigenvalue weighted by Crippen LogP contribution is -2.48. The van der Waals surface area contributed by atoms with Crippen molar-refractivity contribution in [2.24, 2.45) is 7.05 Å². The van der Waals surface area contributed by atoms with Crippen LogP contribution >= 0.6 is 0 Å². The zero-order valence-electron chi connectivity index (χ0n) is 14.1. The van der Waals surface area contributed by atoms with Crippen molar-refractivity contribution in [1.29, 1.82) is 0 Å². The number of carbonyl (C=O) groups excluding carboxylic acids is 1. The Morgan fingerprint density at radius 3 is 2.79 bits per heavy atom. The molecule has 128 valence electrons. The molecule has 0 spiro atoms. The minimum atomic E-state index is -0.142. The average Bonchev–Trinajstić information content (AvgIpc) is 3.11. The number of benzene rings is 1. The molecule has 6 heteroatoms. The number of imidazole rings is 1. The molecule has 2 fully saturated rings. The van der Waals surface area contributed by atoms with Gasteiger partial charge in [-0.05, 0) is 37.9 Å². The Morgan fingerprint density at radius 2 is 1.96 bits per heavy atom. The van der Waals surface area contributed by atoms with E-state index in [0.29, 0.717) is 6.04 Å². The number of carbonyl (C=O) groups is 1. The van der Waals surface area contributed by atoms with E-state index >= 15 is 0 Å². The van der Waals surface area contributed by atoms with Crippen LogP contribution in [0.3, 0.4) is 0 Å². The Balaban J connectivity index is 1.51. The van der Waals surface area contributed by atoms with Crippen molar-refractivity contribution >= 4 is 16.9 Å². The fourth-order valence-electron chi connectivity index (χ4n) is 4.33. The molecule has 2 atom stereocenters. The van der Waals surface area contributed by atoms with Crippen molar-refractivity contribution in [2.75, 3.05) is 13.1 Å². The van der Waals surface area contributed by atoms with Crippen LogP contribution in [0.1, 0.15) is 25.7 Å². The molecular weight excluding hydrogens is 304 g/mol. The van der Waals surface area contributed by atoms with Gasteiger partial charge in [-0.2, -0.15) is 0 Å². The summed E-state index contributed by atoms with van der Waals surface area (Å²) in [6, 6.07) is 8.30. The Labute approximate surface area is 141 Å². The van der Waals surface area contributed by atoms with Crippen molar-refractivity contribution in [2.45, 2.75) is 44.3 Å². The number of piperidine rings is 1. The maximum Gasteiger partial charge on any atom is 0.329 e. The molecule has 1 aromatic carbocycles. The third kappa shape index (κ3) is 2.55. The molecule has 0 aliphatic carbocycles. The Morgan fingerprint density at radius 1 is 1.17 bits per heavy atom. The summed E-state index contributed by atoms with van der Waals surface area (Å²) in [5.41, 5.74) is 1.53. The highest BCUT2D eigenvalue weighted by Crippen LogP contribution is 2.27. The van der Waals surface area contributed by atoms with Gasteiger partial charge >= 0.3 is 5.69 Å². The van der Waals surface area contributed by atoms with E-state index in [2.05, 4.69) is 10.2 Å². The molecule has 2 aromatic rings. The highest BCUT2D eigenvalue weighted by molar-refractivity contribution is 5.81. The minimum Gasteiger partial charge on any atom is -0.350 e. The smallest absolute Gasteiger partial charge is 0.329 e. The predicted octanol–water partition coefficient (Wildman–Crippen LogP) is 1.08. The number of rotatable bonds is 3. The average molecular weight is 328 g/mol. The molecule has 1 aromatic heterocycles. The molecular formula is C18H24N4O2. The van der Waals surface area contributed by atoms with Crippen LogP contribution < -0.4 is 11.0 Å². The summed E-state index contributed by atoms with van der Waals surface area (Å²) in [6.45, 7) is 2.31. The normalized spacial score (nSPS) is 24.2. The van der Waals surface area contributed by atoms with Crippen LogP contribution in [0.15, 0.2) is 29.1 Å².